The van der Waals surface area contributed by atoms with Crippen molar-refractivity contribution in [1.29, 1.82) is 0 Å². The first-order valence-electron chi connectivity index (χ1n) is 10.9. The van der Waals surface area contributed by atoms with E-state index >= 15 is 0 Å². The molecule has 3 aromatic rings. The third kappa shape index (κ3) is 3.92. The van der Waals surface area contributed by atoms with Crippen LogP contribution in [0.5, 0.6) is 0 Å². The maximum absolute atomic E-state index is 13.3. The van der Waals surface area contributed by atoms with E-state index in [1.165, 1.54) is 0 Å². The van der Waals surface area contributed by atoms with E-state index < -0.39 is 10.0 Å². The largest absolute Gasteiger partial charge is 0.378 e. The maximum Gasteiger partial charge on any atom is 0.261 e. The Morgan fingerprint density at radius 3 is 2.33 bits per heavy atom. The van der Waals surface area contributed by atoms with E-state index in [-0.39, 0.29) is 22.8 Å². The van der Waals surface area contributed by atoms with Gasteiger partial charge in [-0.2, -0.15) is 0 Å². The van der Waals surface area contributed by atoms with Gasteiger partial charge in [-0.3, -0.25) is 4.72 Å². The molecule has 3 unspecified atom stereocenters. The number of nitrogens with one attached hydrogen (secondary N) is 2. The van der Waals surface area contributed by atoms with Crippen LogP contribution in [-0.2, 0) is 10.0 Å². The molecule has 0 bridgehead atoms. The fraction of sp³-hybridized carbons (Fsp3) is 0.231. The lowest BCUT2D eigenvalue weighted by Crippen LogP contribution is -2.30. The highest BCUT2D eigenvalue weighted by Crippen LogP contribution is 2.52. The van der Waals surface area contributed by atoms with Crippen molar-refractivity contribution in [3.05, 3.63) is 99.0 Å². The van der Waals surface area contributed by atoms with Crippen molar-refractivity contribution in [2.24, 2.45) is 5.92 Å². The molecule has 1 aliphatic carbocycles. The molecule has 0 spiro atoms. The Bertz CT molecular complexity index is 1340. The number of allylic oxidation sites excluding steroid dienone is 2. The zero-order valence-electron chi connectivity index (χ0n) is 18.3. The molecule has 1 aliphatic heterocycles. The van der Waals surface area contributed by atoms with Crippen molar-refractivity contribution in [2.75, 3.05) is 10.0 Å². The maximum atomic E-state index is 13.3. The van der Waals surface area contributed by atoms with E-state index in [1.54, 1.807) is 12.1 Å². The summed E-state index contributed by atoms with van der Waals surface area (Å²) in [5.41, 5.74) is 5.15. The highest BCUT2D eigenvalue weighted by atomic mass is 35.5. The molecule has 1 heterocycles. The molecule has 2 N–H and O–H groups in total. The Labute approximate surface area is 204 Å². The molecule has 0 radical (unpaired) electrons. The number of sulfonamides is 1. The van der Waals surface area contributed by atoms with Gasteiger partial charge >= 0.3 is 0 Å². The number of halogens is 2. The zero-order valence-corrected chi connectivity index (χ0v) is 20.6. The van der Waals surface area contributed by atoms with E-state index in [1.807, 2.05) is 56.3 Å². The van der Waals surface area contributed by atoms with Crippen LogP contribution in [0.1, 0.15) is 40.6 Å². The first kappa shape index (κ1) is 22.3. The Balaban J connectivity index is 1.53. The van der Waals surface area contributed by atoms with Crippen molar-refractivity contribution in [3.63, 3.8) is 0 Å². The van der Waals surface area contributed by atoms with Crippen molar-refractivity contribution in [1.82, 2.24) is 0 Å². The van der Waals surface area contributed by atoms with Gasteiger partial charge in [0.1, 0.15) is 0 Å². The van der Waals surface area contributed by atoms with Crippen LogP contribution < -0.4 is 10.0 Å². The number of hydrogen-bond acceptors (Lipinski definition) is 3. The Morgan fingerprint density at radius 1 is 0.970 bits per heavy atom. The summed E-state index contributed by atoms with van der Waals surface area (Å²) in [6.45, 7) is 3.80. The predicted octanol–water partition coefficient (Wildman–Crippen LogP) is 7.24. The molecule has 33 heavy (non-hydrogen) atoms. The normalized spacial score (nSPS) is 21.3. The summed E-state index contributed by atoms with van der Waals surface area (Å²) in [5, 5.41) is 4.85. The second kappa shape index (κ2) is 8.39. The summed E-state index contributed by atoms with van der Waals surface area (Å²) in [6, 6.07) is 16.5. The number of rotatable bonds is 4. The summed E-state index contributed by atoms with van der Waals surface area (Å²) in [4.78, 5) is 0.249. The van der Waals surface area contributed by atoms with Crippen LogP contribution in [0, 0.1) is 19.8 Å². The highest BCUT2D eigenvalue weighted by Gasteiger charge is 2.40. The molecule has 0 aromatic heterocycles. The molecule has 7 heteroatoms. The molecule has 5 rings (SSSR count). The van der Waals surface area contributed by atoms with Crippen LogP contribution >= 0.6 is 23.2 Å². The second-order valence-corrected chi connectivity index (χ2v) is 11.2. The fourth-order valence-electron chi connectivity index (χ4n) is 5.00. The van der Waals surface area contributed by atoms with Gasteiger partial charge in [0.15, 0.2) is 0 Å². The average Bonchev–Trinajstić information content (AvgIpc) is 3.26. The van der Waals surface area contributed by atoms with Gasteiger partial charge in [0, 0.05) is 27.2 Å². The third-order valence-electron chi connectivity index (χ3n) is 6.67. The number of fused-ring (bicyclic) bond motifs is 3. The van der Waals surface area contributed by atoms with Crippen LogP contribution in [0.3, 0.4) is 0 Å². The predicted molar refractivity (Wildman–Crippen MR) is 136 cm³/mol. The average molecular weight is 499 g/mol. The summed E-state index contributed by atoms with van der Waals surface area (Å²) >= 11 is 13.1. The Kier molecular flexibility index (Phi) is 5.68. The summed E-state index contributed by atoms with van der Waals surface area (Å²) in [5.74, 6) is 0.272. The minimum Gasteiger partial charge on any atom is -0.378 e. The molecule has 3 aromatic carbocycles. The number of aryl methyl sites for hydroxylation is 2. The first-order chi connectivity index (χ1) is 15.8. The van der Waals surface area contributed by atoms with Gasteiger partial charge in [-0.05, 0) is 73.2 Å². The second-order valence-electron chi connectivity index (χ2n) is 8.73. The lowest BCUT2D eigenvalue weighted by atomic mass is 9.77. The monoisotopic (exact) mass is 498 g/mol. The SMILES string of the molecule is Cc1cccc(C)c1NS(=O)(=O)c1ccc2c(c1)C1C=CCC1C(c1c(Cl)cccc1Cl)N2. The molecular weight excluding hydrogens is 475 g/mol. The quantitative estimate of drug-likeness (QED) is 0.372. The van der Waals surface area contributed by atoms with Crippen LogP contribution in [0.15, 0.2) is 71.6 Å². The molecule has 4 nitrogen and oxygen atoms in total. The lowest BCUT2D eigenvalue weighted by Gasteiger charge is -2.38. The third-order valence-corrected chi connectivity index (χ3v) is 8.68. The number of hydrogen-bond donors (Lipinski definition) is 2. The van der Waals surface area contributed by atoms with E-state index in [9.17, 15) is 8.42 Å². The highest BCUT2D eigenvalue weighted by molar-refractivity contribution is 7.92. The van der Waals surface area contributed by atoms with E-state index in [2.05, 4.69) is 22.2 Å². The smallest absolute Gasteiger partial charge is 0.261 e. The summed E-state index contributed by atoms with van der Waals surface area (Å²) < 4.78 is 29.3. The summed E-state index contributed by atoms with van der Waals surface area (Å²) in [7, 11) is -3.74. The zero-order chi connectivity index (χ0) is 23.3. The van der Waals surface area contributed by atoms with E-state index in [0.29, 0.717) is 15.7 Å². The summed E-state index contributed by atoms with van der Waals surface area (Å²) in [6.07, 6.45) is 5.18. The van der Waals surface area contributed by atoms with Gasteiger partial charge in [-0.25, -0.2) is 8.42 Å². The Hall–Kier alpha value is -2.47. The molecule has 0 fully saturated rings. The van der Waals surface area contributed by atoms with Gasteiger partial charge in [0.25, 0.3) is 10.0 Å². The van der Waals surface area contributed by atoms with Gasteiger partial charge < -0.3 is 5.32 Å². The minimum absolute atomic E-state index is 0.0612. The van der Waals surface area contributed by atoms with Crippen LogP contribution in [0.25, 0.3) is 0 Å². The molecule has 2 aliphatic rings. The molecule has 0 saturated carbocycles. The van der Waals surface area contributed by atoms with Crippen molar-refractivity contribution in [2.45, 2.75) is 37.1 Å². The fourth-order valence-corrected chi connectivity index (χ4v) is 6.87. The van der Waals surface area contributed by atoms with Crippen LogP contribution in [0.2, 0.25) is 10.0 Å². The van der Waals surface area contributed by atoms with Crippen LogP contribution in [0.4, 0.5) is 11.4 Å². The molecular formula is C26H24Cl2N2O2S. The van der Waals surface area contributed by atoms with Crippen molar-refractivity contribution in [3.8, 4) is 0 Å². The topological polar surface area (TPSA) is 58.2 Å². The number of benzene rings is 3. The van der Waals surface area contributed by atoms with Gasteiger partial charge in [0.05, 0.1) is 16.6 Å². The van der Waals surface area contributed by atoms with Crippen molar-refractivity contribution < 1.29 is 8.42 Å². The number of anilines is 2. The van der Waals surface area contributed by atoms with E-state index in [0.717, 1.165) is 34.4 Å². The van der Waals surface area contributed by atoms with Gasteiger partial charge in [-0.15, -0.1) is 0 Å². The lowest BCUT2D eigenvalue weighted by molar-refractivity contribution is 0.425. The molecule has 0 amide bonds. The van der Waals surface area contributed by atoms with Crippen LogP contribution in [-0.4, -0.2) is 8.42 Å². The van der Waals surface area contributed by atoms with Crippen molar-refractivity contribution >= 4 is 44.6 Å². The first-order valence-corrected chi connectivity index (χ1v) is 13.1. The van der Waals surface area contributed by atoms with Gasteiger partial charge in [0.2, 0.25) is 0 Å². The molecule has 0 saturated heterocycles. The molecule has 3 atom stereocenters. The van der Waals surface area contributed by atoms with Gasteiger partial charge in [-0.1, -0.05) is 59.6 Å². The standard InChI is InChI=1S/C26H24Cl2N2O2S/c1-15-6-3-7-16(2)25(15)30-33(31,32)17-12-13-23-20(14-17)18-8-4-9-19(18)26(29-23)24-21(27)10-5-11-22(24)28/h3-8,10-14,18-19,26,29-30H,9H2,1-2H3. The minimum atomic E-state index is -3.74. The Morgan fingerprint density at radius 2 is 1.64 bits per heavy atom. The van der Waals surface area contributed by atoms with E-state index in [4.69, 9.17) is 23.2 Å². The number of para-hydroxylation sites is 1. The molecule has 170 valence electrons.